The van der Waals surface area contributed by atoms with Crippen molar-refractivity contribution in [2.75, 3.05) is 41.1 Å². The first-order valence-electron chi connectivity index (χ1n) is 9.10. The van der Waals surface area contributed by atoms with Gasteiger partial charge < -0.3 is 29.6 Å². The molecule has 3 unspecified atom stereocenters. The van der Waals surface area contributed by atoms with Crippen LogP contribution in [0.2, 0.25) is 0 Å². The van der Waals surface area contributed by atoms with Crippen molar-refractivity contribution in [3.05, 3.63) is 17.7 Å². The number of methoxy groups -OCH3 is 3. The van der Waals surface area contributed by atoms with E-state index in [4.69, 9.17) is 18.9 Å². The van der Waals surface area contributed by atoms with Crippen molar-refractivity contribution in [1.29, 1.82) is 0 Å². The van der Waals surface area contributed by atoms with E-state index in [1.807, 2.05) is 12.1 Å². The summed E-state index contributed by atoms with van der Waals surface area (Å²) < 4.78 is 22.0. The molecule has 1 aliphatic heterocycles. The Morgan fingerprint density at radius 1 is 1.08 bits per heavy atom. The molecule has 2 fully saturated rings. The Balaban J connectivity index is 0.00000243. The minimum Gasteiger partial charge on any atom is -0.496 e. The minimum absolute atomic E-state index is 0. The van der Waals surface area contributed by atoms with E-state index in [2.05, 4.69) is 10.6 Å². The van der Waals surface area contributed by atoms with Crippen LogP contribution >= 0.6 is 12.4 Å². The van der Waals surface area contributed by atoms with Gasteiger partial charge in [-0.05, 0) is 24.8 Å². The highest BCUT2D eigenvalue weighted by molar-refractivity contribution is 5.85. The molecule has 0 radical (unpaired) electrons. The lowest BCUT2D eigenvalue weighted by Gasteiger charge is -2.33. The number of ether oxygens (including phenoxy) is 4. The van der Waals surface area contributed by atoms with E-state index in [-0.39, 0.29) is 12.4 Å². The van der Waals surface area contributed by atoms with Gasteiger partial charge in [0.2, 0.25) is 0 Å². The quantitative estimate of drug-likeness (QED) is 0.750. The van der Waals surface area contributed by atoms with Gasteiger partial charge in [-0.15, -0.1) is 12.4 Å². The largest absolute Gasteiger partial charge is 0.496 e. The Morgan fingerprint density at radius 2 is 1.81 bits per heavy atom. The molecule has 0 amide bonds. The fourth-order valence-electron chi connectivity index (χ4n) is 4.06. The summed E-state index contributed by atoms with van der Waals surface area (Å²) in [5, 5.41) is 7.36. The Labute approximate surface area is 162 Å². The van der Waals surface area contributed by atoms with Crippen molar-refractivity contribution in [2.24, 2.45) is 5.92 Å². The lowest BCUT2D eigenvalue weighted by molar-refractivity contribution is 0.0524. The summed E-state index contributed by atoms with van der Waals surface area (Å²) in [5.41, 5.74) is 1.08. The van der Waals surface area contributed by atoms with Crippen molar-refractivity contribution in [2.45, 2.75) is 37.9 Å². The second kappa shape index (κ2) is 10.2. The topological polar surface area (TPSA) is 61.0 Å². The Morgan fingerprint density at radius 3 is 2.46 bits per heavy atom. The zero-order chi connectivity index (χ0) is 17.6. The summed E-state index contributed by atoms with van der Waals surface area (Å²) in [7, 11) is 4.98. The average molecular weight is 387 g/mol. The minimum atomic E-state index is 0. The van der Waals surface area contributed by atoms with Crippen LogP contribution in [0.1, 0.15) is 24.8 Å². The van der Waals surface area contributed by atoms with Crippen molar-refractivity contribution in [3.8, 4) is 17.2 Å². The summed E-state index contributed by atoms with van der Waals surface area (Å²) in [6.07, 6.45) is 3.73. The van der Waals surface area contributed by atoms with Crippen LogP contribution in [0, 0.1) is 5.92 Å². The maximum Gasteiger partial charge on any atom is 0.164 e. The first-order valence-corrected chi connectivity index (χ1v) is 9.10. The highest BCUT2D eigenvalue weighted by atomic mass is 35.5. The SMILES string of the molecule is COc1cc(OC)c(OC)cc1CNC1CCCC1C1COCCN1.Cl. The monoisotopic (exact) mass is 386 g/mol. The van der Waals surface area contributed by atoms with Gasteiger partial charge in [0.05, 0.1) is 34.5 Å². The Bertz CT molecular complexity index is 567. The fourth-order valence-corrected chi connectivity index (χ4v) is 4.06. The van der Waals surface area contributed by atoms with Crippen LogP contribution in [0.25, 0.3) is 0 Å². The third kappa shape index (κ3) is 4.74. The highest BCUT2D eigenvalue weighted by Gasteiger charge is 2.34. The van der Waals surface area contributed by atoms with Gasteiger partial charge in [0, 0.05) is 36.8 Å². The first kappa shape index (κ1) is 21.1. The molecule has 0 aromatic heterocycles. The second-order valence-corrected chi connectivity index (χ2v) is 6.74. The van der Waals surface area contributed by atoms with Gasteiger partial charge in [-0.25, -0.2) is 0 Å². The molecular weight excluding hydrogens is 356 g/mol. The molecule has 1 saturated heterocycles. The van der Waals surface area contributed by atoms with Crippen molar-refractivity contribution in [3.63, 3.8) is 0 Å². The van der Waals surface area contributed by atoms with Gasteiger partial charge in [-0.1, -0.05) is 6.42 Å². The van der Waals surface area contributed by atoms with E-state index >= 15 is 0 Å². The number of hydrogen-bond acceptors (Lipinski definition) is 6. The summed E-state index contributed by atoms with van der Waals surface area (Å²) in [6, 6.07) is 4.84. The number of nitrogens with one attached hydrogen (secondary N) is 2. The van der Waals surface area contributed by atoms with Gasteiger partial charge in [-0.3, -0.25) is 0 Å². The molecule has 1 heterocycles. The molecule has 148 valence electrons. The van der Waals surface area contributed by atoms with Crippen LogP contribution in [0.3, 0.4) is 0 Å². The second-order valence-electron chi connectivity index (χ2n) is 6.74. The van der Waals surface area contributed by atoms with Crippen LogP contribution in [0.4, 0.5) is 0 Å². The molecule has 26 heavy (non-hydrogen) atoms. The maximum absolute atomic E-state index is 5.66. The van der Waals surface area contributed by atoms with Crippen molar-refractivity contribution >= 4 is 12.4 Å². The van der Waals surface area contributed by atoms with Crippen LogP contribution < -0.4 is 24.8 Å². The van der Waals surface area contributed by atoms with Crippen LogP contribution in [0.5, 0.6) is 17.2 Å². The highest BCUT2D eigenvalue weighted by Crippen LogP contribution is 2.35. The number of benzene rings is 1. The van der Waals surface area contributed by atoms with E-state index in [1.54, 1.807) is 21.3 Å². The molecule has 3 rings (SSSR count). The van der Waals surface area contributed by atoms with Gasteiger partial charge in [0.15, 0.2) is 11.5 Å². The molecule has 1 aromatic rings. The van der Waals surface area contributed by atoms with Gasteiger partial charge in [-0.2, -0.15) is 0 Å². The van der Waals surface area contributed by atoms with Crippen LogP contribution in [-0.2, 0) is 11.3 Å². The van der Waals surface area contributed by atoms with E-state index in [0.29, 0.717) is 23.8 Å². The van der Waals surface area contributed by atoms with E-state index < -0.39 is 0 Å². The predicted octanol–water partition coefficient (Wildman–Crippen LogP) is 2.38. The number of halogens is 1. The van der Waals surface area contributed by atoms with Gasteiger partial charge in [0.1, 0.15) is 5.75 Å². The zero-order valence-electron chi connectivity index (χ0n) is 15.9. The molecule has 1 aromatic carbocycles. The summed E-state index contributed by atoms with van der Waals surface area (Å²) >= 11 is 0. The smallest absolute Gasteiger partial charge is 0.164 e. The summed E-state index contributed by atoms with van der Waals surface area (Å²) in [4.78, 5) is 0. The molecule has 1 saturated carbocycles. The molecule has 6 nitrogen and oxygen atoms in total. The fraction of sp³-hybridized carbons (Fsp3) is 0.684. The Hall–Kier alpha value is -1.21. The molecular formula is C19H31ClN2O4. The summed E-state index contributed by atoms with van der Waals surface area (Å²) in [5.74, 6) is 2.85. The number of morpholine rings is 1. The van der Waals surface area contributed by atoms with E-state index in [9.17, 15) is 0 Å². The lowest BCUT2D eigenvalue weighted by atomic mass is 9.94. The van der Waals surface area contributed by atoms with Crippen LogP contribution in [0.15, 0.2) is 12.1 Å². The normalized spacial score (nSPS) is 25.4. The molecule has 1 aliphatic carbocycles. The summed E-state index contributed by atoms with van der Waals surface area (Å²) in [6.45, 7) is 3.35. The van der Waals surface area contributed by atoms with Crippen molar-refractivity contribution < 1.29 is 18.9 Å². The molecule has 0 spiro atoms. The standard InChI is InChI=1S/C19H30N2O4.ClH/c1-22-17-10-19(24-3)18(23-2)9-13(17)11-21-15-6-4-5-14(15)16-12-25-8-7-20-16;/h9-10,14-16,20-21H,4-8,11-12H2,1-3H3;1H. The molecule has 7 heteroatoms. The first-order chi connectivity index (χ1) is 12.3. The molecule has 2 aliphatic rings. The maximum atomic E-state index is 5.66. The van der Waals surface area contributed by atoms with Crippen LogP contribution in [-0.4, -0.2) is 53.2 Å². The lowest BCUT2D eigenvalue weighted by Crippen LogP contribution is -2.50. The number of hydrogen-bond donors (Lipinski definition) is 2. The van der Waals surface area contributed by atoms with E-state index in [1.165, 1.54) is 19.3 Å². The van der Waals surface area contributed by atoms with Gasteiger partial charge >= 0.3 is 0 Å². The molecule has 3 atom stereocenters. The Kier molecular flexibility index (Phi) is 8.28. The average Bonchev–Trinajstić information content (AvgIpc) is 3.14. The third-order valence-electron chi connectivity index (χ3n) is 5.38. The van der Waals surface area contributed by atoms with Gasteiger partial charge in [0.25, 0.3) is 0 Å². The predicted molar refractivity (Wildman–Crippen MR) is 104 cm³/mol. The zero-order valence-corrected chi connectivity index (χ0v) is 16.7. The third-order valence-corrected chi connectivity index (χ3v) is 5.38. The van der Waals surface area contributed by atoms with E-state index in [0.717, 1.165) is 43.4 Å². The molecule has 0 bridgehead atoms. The molecule has 2 N–H and O–H groups in total. The van der Waals surface area contributed by atoms with Crippen molar-refractivity contribution in [1.82, 2.24) is 10.6 Å². The number of rotatable bonds is 7.